The lowest BCUT2D eigenvalue weighted by Gasteiger charge is -2.45. The maximum absolute atomic E-state index is 14.0. The maximum atomic E-state index is 14.0. The van der Waals surface area contributed by atoms with Crippen LogP contribution in [0.25, 0.3) is 11.1 Å². The molecule has 33 heavy (non-hydrogen) atoms. The van der Waals surface area contributed by atoms with E-state index in [1.807, 2.05) is 49.6 Å². The van der Waals surface area contributed by atoms with Gasteiger partial charge in [0.15, 0.2) is 5.58 Å². The Balaban J connectivity index is 1.58. The van der Waals surface area contributed by atoms with Gasteiger partial charge in [0, 0.05) is 23.9 Å². The molecule has 1 atom stereocenters. The van der Waals surface area contributed by atoms with Gasteiger partial charge in [0.1, 0.15) is 11.2 Å². The number of hydrogen-bond donors (Lipinski definition) is 1. The van der Waals surface area contributed by atoms with Crippen LogP contribution in [0.1, 0.15) is 73.5 Å². The van der Waals surface area contributed by atoms with Crippen molar-refractivity contribution < 1.29 is 14.0 Å². The van der Waals surface area contributed by atoms with E-state index in [0.717, 1.165) is 48.0 Å². The fourth-order valence-corrected chi connectivity index (χ4v) is 5.51. The molecule has 0 bridgehead atoms. The minimum absolute atomic E-state index is 0.0849. The van der Waals surface area contributed by atoms with Crippen LogP contribution in [0, 0.1) is 13.8 Å². The third-order valence-corrected chi connectivity index (χ3v) is 7.65. The number of nitrogens with zero attached hydrogens (tertiary/aromatic N) is 2. The minimum atomic E-state index is -1.06. The summed E-state index contributed by atoms with van der Waals surface area (Å²) < 4.78 is 7.53. The first-order chi connectivity index (χ1) is 15.9. The van der Waals surface area contributed by atoms with Crippen molar-refractivity contribution >= 4 is 28.6 Å². The number of aromatic nitrogens is 1. The Morgan fingerprint density at radius 2 is 1.82 bits per heavy atom. The summed E-state index contributed by atoms with van der Waals surface area (Å²) in [5.41, 5.74) is 3.92. The number of hydrogen-bond acceptors (Lipinski definition) is 3. The van der Waals surface area contributed by atoms with Crippen LogP contribution in [0.5, 0.6) is 0 Å². The number of carbonyl (C=O) groups excluding carboxylic acids is 2. The molecular weight excluding hydrogens is 414 g/mol. The number of aryl methyl sites for hydroxylation is 1. The first-order valence-electron chi connectivity index (χ1n) is 12.2. The maximum Gasteiger partial charge on any atom is 0.276 e. The van der Waals surface area contributed by atoms with E-state index in [2.05, 4.69) is 5.32 Å². The second kappa shape index (κ2) is 8.40. The van der Waals surface area contributed by atoms with E-state index in [-0.39, 0.29) is 17.9 Å². The lowest BCUT2D eigenvalue weighted by atomic mass is 9.90. The summed E-state index contributed by atoms with van der Waals surface area (Å²) in [4.78, 5) is 29.6. The molecule has 0 radical (unpaired) electrons. The molecule has 0 unspecified atom stereocenters. The molecule has 1 aliphatic carbocycles. The largest absolute Gasteiger partial charge is 0.463 e. The first-order valence-corrected chi connectivity index (χ1v) is 12.2. The summed E-state index contributed by atoms with van der Waals surface area (Å²) >= 11 is 0. The molecule has 2 amide bonds. The molecule has 1 saturated carbocycles. The second-order valence-corrected chi connectivity index (χ2v) is 9.93. The Hall–Kier alpha value is -3.02. The van der Waals surface area contributed by atoms with Crippen molar-refractivity contribution in [3.05, 3.63) is 53.4 Å². The summed E-state index contributed by atoms with van der Waals surface area (Å²) in [6.07, 6.45) is 9.64. The topological polar surface area (TPSA) is 67.5 Å². The Bertz CT molecular complexity index is 1200. The van der Waals surface area contributed by atoms with E-state index < -0.39 is 5.54 Å². The summed E-state index contributed by atoms with van der Waals surface area (Å²) in [6, 6.07) is 9.76. The number of rotatable bonds is 3. The number of benzene rings is 1. The van der Waals surface area contributed by atoms with Gasteiger partial charge < -0.3 is 14.3 Å². The fraction of sp³-hybridized carbons (Fsp3) is 0.481. The zero-order chi connectivity index (χ0) is 23.2. The van der Waals surface area contributed by atoms with Crippen LogP contribution >= 0.6 is 0 Å². The van der Waals surface area contributed by atoms with E-state index in [4.69, 9.17) is 4.42 Å². The van der Waals surface area contributed by atoms with E-state index >= 15 is 0 Å². The predicted octanol–water partition coefficient (Wildman–Crippen LogP) is 5.50. The van der Waals surface area contributed by atoms with E-state index in [9.17, 15) is 9.59 Å². The molecule has 6 heteroatoms. The van der Waals surface area contributed by atoms with Crippen molar-refractivity contribution in [3.63, 3.8) is 0 Å². The van der Waals surface area contributed by atoms with Crippen LogP contribution in [0.2, 0.25) is 0 Å². The molecule has 2 aliphatic rings. The summed E-state index contributed by atoms with van der Waals surface area (Å²) in [5.74, 6) is -0.255. The van der Waals surface area contributed by atoms with Crippen molar-refractivity contribution in [3.8, 4) is 0 Å². The highest BCUT2D eigenvalue weighted by Crippen LogP contribution is 2.38. The van der Waals surface area contributed by atoms with E-state index in [0.29, 0.717) is 17.8 Å². The Labute approximate surface area is 194 Å². The molecule has 3 aromatic rings. The van der Waals surface area contributed by atoms with Crippen LogP contribution in [0.15, 0.2) is 41.0 Å². The van der Waals surface area contributed by atoms with Crippen molar-refractivity contribution in [2.45, 2.75) is 83.8 Å². The zero-order valence-corrected chi connectivity index (χ0v) is 19.8. The number of furan rings is 1. The first kappa shape index (κ1) is 21.8. The number of nitrogens with one attached hydrogen (secondary N) is 1. The SMILES string of the molecule is Cc1cccc(N2C(=O)c3cc4occc4n3C[C@]2(C)C(=O)NC2CCCCCCC2)c1C. The van der Waals surface area contributed by atoms with Gasteiger partial charge in [0.2, 0.25) is 5.91 Å². The number of amides is 2. The van der Waals surface area contributed by atoms with Gasteiger partial charge in [-0.15, -0.1) is 0 Å². The van der Waals surface area contributed by atoms with Gasteiger partial charge in [-0.1, -0.05) is 44.2 Å². The number of fused-ring (bicyclic) bond motifs is 3. The monoisotopic (exact) mass is 447 g/mol. The Morgan fingerprint density at radius 3 is 2.58 bits per heavy atom. The molecule has 0 spiro atoms. The van der Waals surface area contributed by atoms with E-state index in [1.165, 1.54) is 19.3 Å². The molecule has 1 fully saturated rings. The second-order valence-electron chi connectivity index (χ2n) is 9.93. The molecule has 5 rings (SSSR count). The smallest absolute Gasteiger partial charge is 0.276 e. The highest BCUT2D eigenvalue weighted by Gasteiger charge is 2.49. The molecule has 3 heterocycles. The molecule has 0 saturated heterocycles. The molecule has 6 nitrogen and oxygen atoms in total. The average molecular weight is 448 g/mol. The highest BCUT2D eigenvalue weighted by atomic mass is 16.3. The Morgan fingerprint density at radius 1 is 1.09 bits per heavy atom. The van der Waals surface area contributed by atoms with Crippen LogP contribution < -0.4 is 10.2 Å². The average Bonchev–Trinajstić information content (AvgIpc) is 3.35. The lowest BCUT2D eigenvalue weighted by Crippen LogP contribution is -2.65. The number of carbonyl (C=O) groups is 2. The summed E-state index contributed by atoms with van der Waals surface area (Å²) in [5, 5.41) is 3.35. The van der Waals surface area contributed by atoms with Gasteiger partial charge in [-0.05, 0) is 50.8 Å². The van der Waals surface area contributed by atoms with Crippen molar-refractivity contribution in [2.24, 2.45) is 0 Å². The van der Waals surface area contributed by atoms with Crippen LogP contribution in [0.4, 0.5) is 5.69 Å². The standard InChI is InChI=1S/C27H33N3O3/c1-18-10-9-13-21(19(18)2)30-25(31)23-16-24-22(14-15-33-24)29(23)17-27(30,3)26(32)28-20-11-7-5-4-6-8-12-20/h9-10,13-16,20H,4-8,11-12,17H2,1-3H3,(H,28,32)/t27-/m1/s1. The minimum Gasteiger partial charge on any atom is -0.463 e. The molecule has 1 aliphatic heterocycles. The summed E-state index contributed by atoms with van der Waals surface area (Å²) in [7, 11) is 0. The van der Waals surface area contributed by atoms with Crippen molar-refractivity contribution in [1.82, 2.24) is 9.88 Å². The Kier molecular flexibility index (Phi) is 5.55. The fourth-order valence-electron chi connectivity index (χ4n) is 5.51. The molecule has 1 aromatic carbocycles. The van der Waals surface area contributed by atoms with Crippen LogP contribution in [0.3, 0.4) is 0 Å². The molecule has 174 valence electrons. The van der Waals surface area contributed by atoms with Crippen LogP contribution in [-0.2, 0) is 11.3 Å². The summed E-state index contributed by atoms with van der Waals surface area (Å²) in [6.45, 7) is 6.34. The van der Waals surface area contributed by atoms with Gasteiger partial charge in [-0.2, -0.15) is 0 Å². The molecule has 1 N–H and O–H groups in total. The third kappa shape index (κ3) is 3.65. The molecule has 2 aromatic heterocycles. The van der Waals surface area contributed by atoms with Gasteiger partial charge in [-0.25, -0.2) is 0 Å². The van der Waals surface area contributed by atoms with Gasteiger partial charge in [-0.3, -0.25) is 14.5 Å². The van der Waals surface area contributed by atoms with Crippen molar-refractivity contribution in [1.29, 1.82) is 0 Å². The van der Waals surface area contributed by atoms with Gasteiger partial charge in [0.25, 0.3) is 5.91 Å². The molecular formula is C27H33N3O3. The zero-order valence-electron chi connectivity index (χ0n) is 19.8. The third-order valence-electron chi connectivity index (χ3n) is 7.65. The predicted molar refractivity (Wildman–Crippen MR) is 130 cm³/mol. The lowest BCUT2D eigenvalue weighted by molar-refractivity contribution is -0.127. The van der Waals surface area contributed by atoms with Crippen molar-refractivity contribution in [2.75, 3.05) is 4.90 Å². The normalized spacial score (nSPS) is 22.2. The quantitative estimate of drug-likeness (QED) is 0.576. The number of anilines is 1. The van der Waals surface area contributed by atoms with Gasteiger partial charge >= 0.3 is 0 Å². The van der Waals surface area contributed by atoms with Crippen LogP contribution in [-0.4, -0.2) is 28.0 Å². The highest BCUT2D eigenvalue weighted by molar-refractivity contribution is 6.14. The van der Waals surface area contributed by atoms with E-state index in [1.54, 1.807) is 17.2 Å². The van der Waals surface area contributed by atoms with Gasteiger partial charge in [0.05, 0.1) is 18.3 Å².